The average molecular weight is 414 g/mol. The first kappa shape index (κ1) is 21.3. The monoisotopic (exact) mass is 414 g/mol. The largest absolute Gasteiger partial charge is 0.488 e. The van der Waals surface area contributed by atoms with Crippen LogP contribution in [-0.4, -0.2) is 41.1 Å². The smallest absolute Gasteiger partial charge is 0.423 e. The van der Waals surface area contributed by atoms with Gasteiger partial charge in [0.2, 0.25) is 0 Å². The number of amides is 1. The molecule has 158 valence electrons. The lowest BCUT2D eigenvalue weighted by Crippen LogP contribution is -2.37. The molecule has 1 heterocycles. The highest BCUT2D eigenvalue weighted by Gasteiger charge is 2.25. The quantitative estimate of drug-likeness (QED) is 0.560. The van der Waals surface area contributed by atoms with Crippen LogP contribution in [0.2, 0.25) is 0 Å². The van der Waals surface area contributed by atoms with Crippen LogP contribution in [-0.2, 0) is 6.54 Å². The van der Waals surface area contributed by atoms with Crippen LogP contribution in [0, 0.1) is 0 Å². The second-order valence-electron chi connectivity index (χ2n) is 8.10. The third-order valence-electron chi connectivity index (χ3n) is 6.07. The van der Waals surface area contributed by atoms with Crippen molar-refractivity contribution in [2.24, 2.45) is 5.73 Å². The fourth-order valence-electron chi connectivity index (χ4n) is 4.28. The second-order valence-corrected chi connectivity index (χ2v) is 8.10. The molecule has 4 N–H and O–H groups in total. The van der Waals surface area contributed by atoms with Gasteiger partial charge in [-0.05, 0) is 58.6 Å². The minimum Gasteiger partial charge on any atom is -0.423 e. The van der Waals surface area contributed by atoms with Crippen LogP contribution in [0.4, 0.5) is 0 Å². The Morgan fingerprint density at radius 3 is 2.32 bits per heavy atom. The molecule has 0 bridgehead atoms. The summed E-state index contributed by atoms with van der Waals surface area (Å²) in [6, 6.07) is 23.0. The molecular formula is C25H27BN2O3. The fourth-order valence-corrected chi connectivity index (χ4v) is 4.28. The highest BCUT2D eigenvalue weighted by Crippen LogP contribution is 2.29. The van der Waals surface area contributed by atoms with E-state index in [0.29, 0.717) is 23.5 Å². The summed E-state index contributed by atoms with van der Waals surface area (Å²) in [5.74, 6) is 0.490. The highest BCUT2D eigenvalue weighted by molar-refractivity contribution is 6.58. The van der Waals surface area contributed by atoms with Gasteiger partial charge in [-0.2, -0.15) is 0 Å². The number of carbonyl (C=O) groups excluding carboxylic acids is 1. The van der Waals surface area contributed by atoms with Crippen LogP contribution in [0.5, 0.6) is 0 Å². The molecule has 0 aliphatic carbocycles. The van der Waals surface area contributed by atoms with Crippen molar-refractivity contribution < 1.29 is 14.8 Å². The van der Waals surface area contributed by atoms with Crippen LogP contribution in [0.3, 0.4) is 0 Å². The molecule has 5 nitrogen and oxygen atoms in total. The minimum atomic E-state index is -1.52. The Balaban J connectivity index is 1.46. The van der Waals surface area contributed by atoms with E-state index in [1.54, 1.807) is 18.2 Å². The zero-order valence-electron chi connectivity index (χ0n) is 17.4. The minimum absolute atomic E-state index is 0.0364. The number of likely N-dealkylation sites (tertiary alicyclic amines) is 1. The molecule has 0 radical (unpaired) electrons. The standard InChI is InChI=1S/C25H27BN2O3/c27-17-18-4-1-5-20(14-18)19-10-12-28(13-11-19)25(29)23-8-2-6-21(15-23)22-7-3-9-24(16-22)26(30)31/h1-9,14-16,19,30-31H,10-13,17,27H2. The van der Waals surface area contributed by atoms with Gasteiger partial charge in [0, 0.05) is 25.2 Å². The lowest BCUT2D eigenvalue weighted by molar-refractivity contribution is 0.0713. The fraction of sp³-hybridized carbons (Fsp3) is 0.240. The Morgan fingerprint density at radius 1 is 0.935 bits per heavy atom. The molecule has 0 spiro atoms. The molecule has 3 aromatic rings. The van der Waals surface area contributed by atoms with Gasteiger partial charge in [0.1, 0.15) is 0 Å². The van der Waals surface area contributed by atoms with E-state index in [1.165, 1.54) is 5.56 Å². The molecule has 1 saturated heterocycles. The van der Waals surface area contributed by atoms with E-state index in [1.807, 2.05) is 41.3 Å². The number of rotatable bonds is 5. The van der Waals surface area contributed by atoms with Gasteiger partial charge in [0.05, 0.1) is 0 Å². The summed E-state index contributed by atoms with van der Waals surface area (Å²) in [6.45, 7) is 2.00. The SMILES string of the molecule is NCc1cccc(C2CCN(C(=O)c3cccc(-c4cccc(B(O)O)c4)c3)CC2)c1. The van der Waals surface area contributed by atoms with Crippen molar-refractivity contribution in [2.45, 2.75) is 25.3 Å². The molecule has 1 amide bonds. The van der Waals surface area contributed by atoms with Crippen LogP contribution in [0.1, 0.15) is 40.2 Å². The summed E-state index contributed by atoms with van der Waals surface area (Å²) in [6.07, 6.45) is 1.88. The molecule has 1 aliphatic rings. The molecular weight excluding hydrogens is 387 g/mol. The maximum Gasteiger partial charge on any atom is 0.488 e. The molecule has 31 heavy (non-hydrogen) atoms. The number of nitrogens with two attached hydrogens (primary N) is 1. The molecule has 0 atom stereocenters. The van der Waals surface area contributed by atoms with Crippen molar-refractivity contribution in [3.05, 3.63) is 89.5 Å². The summed E-state index contributed by atoms with van der Waals surface area (Å²) in [7, 11) is -1.52. The van der Waals surface area contributed by atoms with Gasteiger partial charge >= 0.3 is 7.12 Å². The van der Waals surface area contributed by atoms with E-state index in [2.05, 4.69) is 18.2 Å². The predicted octanol–water partition coefficient (Wildman–Crippen LogP) is 2.51. The maximum absolute atomic E-state index is 13.1. The molecule has 6 heteroatoms. The van der Waals surface area contributed by atoms with E-state index < -0.39 is 7.12 Å². The Morgan fingerprint density at radius 2 is 1.61 bits per heavy atom. The summed E-state index contributed by atoms with van der Waals surface area (Å²) in [5, 5.41) is 18.9. The van der Waals surface area contributed by atoms with Crippen molar-refractivity contribution in [3.63, 3.8) is 0 Å². The first-order valence-corrected chi connectivity index (χ1v) is 10.7. The predicted molar refractivity (Wildman–Crippen MR) is 124 cm³/mol. The van der Waals surface area contributed by atoms with Crippen molar-refractivity contribution in [1.29, 1.82) is 0 Å². The Kier molecular flexibility index (Phi) is 6.51. The number of hydrogen-bond acceptors (Lipinski definition) is 4. The number of hydrogen-bond donors (Lipinski definition) is 3. The molecule has 1 fully saturated rings. The average Bonchev–Trinajstić information content (AvgIpc) is 2.84. The maximum atomic E-state index is 13.1. The van der Waals surface area contributed by atoms with Gasteiger partial charge in [0.25, 0.3) is 5.91 Å². The van der Waals surface area contributed by atoms with Gasteiger partial charge in [-0.3, -0.25) is 4.79 Å². The molecule has 1 aliphatic heterocycles. The number of benzene rings is 3. The summed E-state index contributed by atoms with van der Waals surface area (Å²) < 4.78 is 0. The van der Waals surface area contributed by atoms with E-state index in [-0.39, 0.29) is 5.91 Å². The van der Waals surface area contributed by atoms with E-state index in [9.17, 15) is 14.8 Å². The zero-order valence-corrected chi connectivity index (χ0v) is 17.4. The van der Waals surface area contributed by atoms with Gasteiger partial charge in [-0.25, -0.2) is 0 Å². The topological polar surface area (TPSA) is 86.8 Å². The lowest BCUT2D eigenvalue weighted by atomic mass is 9.79. The van der Waals surface area contributed by atoms with E-state index >= 15 is 0 Å². The molecule has 4 rings (SSSR count). The zero-order chi connectivity index (χ0) is 21.8. The van der Waals surface area contributed by atoms with Gasteiger partial charge < -0.3 is 20.7 Å². The molecule has 0 unspecified atom stereocenters. The van der Waals surface area contributed by atoms with Gasteiger partial charge in [-0.15, -0.1) is 0 Å². The van der Waals surface area contributed by atoms with Crippen LogP contribution < -0.4 is 11.2 Å². The van der Waals surface area contributed by atoms with E-state index in [4.69, 9.17) is 5.73 Å². The first-order valence-electron chi connectivity index (χ1n) is 10.7. The van der Waals surface area contributed by atoms with Crippen molar-refractivity contribution >= 4 is 18.5 Å². The highest BCUT2D eigenvalue weighted by atomic mass is 16.4. The van der Waals surface area contributed by atoms with Crippen LogP contribution in [0.15, 0.2) is 72.8 Å². The molecule has 0 aromatic heterocycles. The van der Waals surface area contributed by atoms with Crippen molar-refractivity contribution in [1.82, 2.24) is 4.90 Å². The number of carbonyl (C=O) groups is 1. The first-order chi connectivity index (χ1) is 15.0. The number of nitrogens with zero attached hydrogens (tertiary/aromatic N) is 1. The van der Waals surface area contributed by atoms with Crippen molar-refractivity contribution in [3.8, 4) is 11.1 Å². The summed E-state index contributed by atoms with van der Waals surface area (Å²) in [5.41, 5.74) is 11.0. The second kappa shape index (κ2) is 9.48. The van der Waals surface area contributed by atoms with Crippen molar-refractivity contribution in [2.75, 3.05) is 13.1 Å². The Labute approximate surface area is 183 Å². The van der Waals surface area contributed by atoms with Crippen LogP contribution >= 0.6 is 0 Å². The third-order valence-corrected chi connectivity index (χ3v) is 6.07. The Bertz CT molecular complexity index is 1060. The number of piperidine rings is 1. The molecule has 3 aromatic carbocycles. The van der Waals surface area contributed by atoms with E-state index in [0.717, 1.165) is 42.6 Å². The summed E-state index contributed by atoms with van der Waals surface area (Å²) in [4.78, 5) is 15.1. The normalized spacial score (nSPS) is 14.5. The lowest BCUT2D eigenvalue weighted by Gasteiger charge is -2.32. The van der Waals surface area contributed by atoms with Crippen LogP contribution in [0.25, 0.3) is 11.1 Å². The summed E-state index contributed by atoms with van der Waals surface area (Å²) >= 11 is 0. The van der Waals surface area contributed by atoms with Gasteiger partial charge in [-0.1, -0.05) is 60.7 Å². The van der Waals surface area contributed by atoms with Gasteiger partial charge in [0.15, 0.2) is 0 Å². The Hall–Kier alpha value is -2.93. The molecule has 0 saturated carbocycles. The third kappa shape index (κ3) is 4.88.